The molecule has 0 N–H and O–H groups in total. The Morgan fingerprint density at radius 3 is 1.60 bits per heavy atom. The van der Waals surface area contributed by atoms with Crippen molar-refractivity contribution in [3.8, 4) is 0 Å². The maximum Gasteiger partial charge on any atom is -0.0328 e. The van der Waals surface area contributed by atoms with Crippen LogP contribution < -0.4 is 0 Å². The predicted octanol–water partition coefficient (Wildman–Crippen LogP) is 5.95. The van der Waals surface area contributed by atoms with E-state index in [1.54, 1.807) is 0 Å². The van der Waals surface area contributed by atoms with Crippen LogP contribution in [0.4, 0.5) is 0 Å². The molecule has 0 saturated heterocycles. The molecule has 0 saturated carbocycles. The van der Waals surface area contributed by atoms with Crippen molar-refractivity contribution in [1.82, 2.24) is 0 Å². The smallest absolute Gasteiger partial charge is 0.0328 e. The molecule has 0 aliphatic carbocycles. The molecule has 0 heterocycles. The fourth-order valence-corrected chi connectivity index (χ4v) is 2.26. The van der Waals surface area contributed by atoms with Gasteiger partial charge in [-0.15, -0.1) is 0 Å². The van der Waals surface area contributed by atoms with E-state index in [4.69, 9.17) is 0 Å². The Balaban J connectivity index is 3.65. The van der Waals surface area contributed by atoms with Crippen molar-refractivity contribution in [2.24, 2.45) is 5.41 Å². The van der Waals surface area contributed by atoms with Gasteiger partial charge in [0.25, 0.3) is 0 Å². The minimum absolute atomic E-state index is 0.642. The van der Waals surface area contributed by atoms with Crippen LogP contribution in [-0.2, 0) is 0 Å². The Bertz CT molecular complexity index is 128. The standard InChI is InChI=1S/C15H32/c1-5-8-10-12-14-15(4,7-3)13-11-9-6-2/h5-14H2,1-4H3. The lowest BCUT2D eigenvalue weighted by Gasteiger charge is -2.28. The van der Waals surface area contributed by atoms with E-state index in [1.165, 1.54) is 64.2 Å². The van der Waals surface area contributed by atoms with E-state index >= 15 is 0 Å². The molecule has 0 spiro atoms. The molecule has 0 radical (unpaired) electrons. The fourth-order valence-electron chi connectivity index (χ4n) is 2.26. The van der Waals surface area contributed by atoms with Gasteiger partial charge in [0.05, 0.1) is 0 Å². The Morgan fingerprint density at radius 1 is 0.667 bits per heavy atom. The fraction of sp³-hybridized carbons (Fsp3) is 1.00. The highest BCUT2D eigenvalue weighted by Crippen LogP contribution is 2.34. The second-order valence-corrected chi connectivity index (χ2v) is 5.43. The molecule has 0 aromatic carbocycles. The van der Waals surface area contributed by atoms with Crippen molar-refractivity contribution in [1.29, 1.82) is 0 Å². The zero-order chi connectivity index (χ0) is 11.6. The summed E-state index contributed by atoms with van der Waals surface area (Å²) in [5.74, 6) is 0. The van der Waals surface area contributed by atoms with Gasteiger partial charge in [-0.1, -0.05) is 79.1 Å². The summed E-state index contributed by atoms with van der Waals surface area (Å²) in [6, 6.07) is 0. The Morgan fingerprint density at radius 2 is 1.13 bits per heavy atom. The highest BCUT2D eigenvalue weighted by Gasteiger charge is 2.20. The second kappa shape index (κ2) is 9.24. The third-order valence-electron chi connectivity index (χ3n) is 3.87. The third-order valence-corrected chi connectivity index (χ3v) is 3.87. The van der Waals surface area contributed by atoms with Gasteiger partial charge in [-0.05, 0) is 18.3 Å². The molecule has 0 nitrogen and oxygen atoms in total. The van der Waals surface area contributed by atoms with Crippen LogP contribution in [0.2, 0.25) is 0 Å². The van der Waals surface area contributed by atoms with Crippen molar-refractivity contribution in [2.45, 2.75) is 91.9 Å². The maximum absolute atomic E-state index is 2.49. The van der Waals surface area contributed by atoms with Crippen LogP contribution in [0.5, 0.6) is 0 Å². The normalized spacial score (nSPS) is 15.2. The molecule has 92 valence electrons. The molecule has 0 bridgehead atoms. The van der Waals surface area contributed by atoms with E-state index in [0.29, 0.717) is 5.41 Å². The number of hydrogen-bond donors (Lipinski definition) is 0. The molecule has 0 fully saturated rings. The molecule has 1 atom stereocenters. The Labute approximate surface area is 97.8 Å². The molecule has 0 aromatic heterocycles. The molecule has 0 rings (SSSR count). The van der Waals surface area contributed by atoms with E-state index in [9.17, 15) is 0 Å². The largest absolute Gasteiger partial charge is 0.0654 e. The summed E-state index contributed by atoms with van der Waals surface area (Å²) in [6.07, 6.45) is 14.2. The number of rotatable bonds is 10. The average molecular weight is 212 g/mol. The Kier molecular flexibility index (Phi) is 9.24. The van der Waals surface area contributed by atoms with Crippen molar-refractivity contribution in [3.05, 3.63) is 0 Å². The lowest BCUT2D eigenvalue weighted by atomic mass is 9.78. The molecule has 15 heavy (non-hydrogen) atoms. The summed E-state index contributed by atoms with van der Waals surface area (Å²) in [4.78, 5) is 0. The van der Waals surface area contributed by atoms with E-state index in [1.807, 2.05) is 0 Å². The SMILES string of the molecule is CCCCCCC(C)(CC)CCCCC. The van der Waals surface area contributed by atoms with Crippen LogP contribution in [0.25, 0.3) is 0 Å². The van der Waals surface area contributed by atoms with Crippen LogP contribution in [0.3, 0.4) is 0 Å². The lowest BCUT2D eigenvalue weighted by molar-refractivity contribution is 0.242. The average Bonchev–Trinajstić information content (AvgIpc) is 2.25. The van der Waals surface area contributed by atoms with Crippen LogP contribution in [0, 0.1) is 5.41 Å². The summed E-state index contributed by atoms with van der Waals surface area (Å²) in [5.41, 5.74) is 0.642. The van der Waals surface area contributed by atoms with E-state index < -0.39 is 0 Å². The third kappa shape index (κ3) is 7.88. The van der Waals surface area contributed by atoms with E-state index in [0.717, 1.165) is 0 Å². The van der Waals surface area contributed by atoms with E-state index in [2.05, 4.69) is 27.7 Å². The van der Waals surface area contributed by atoms with Crippen LogP contribution in [-0.4, -0.2) is 0 Å². The molecule has 0 heteroatoms. The summed E-state index contributed by atoms with van der Waals surface area (Å²) in [5, 5.41) is 0. The van der Waals surface area contributed by atoms with Gasteiger partial charge in [0.1, 0.15) is 0 Å². The molecule has 0 aliphatic heterocycles. The first-order chi connectivity index (χ1) is 7.18. The Hall–Kier alpha value is 0. The molecule has 0 amide bonds. The highest BCUT2D eigenvalue weighted by molar-refractivity contribution is 4.72. The monoisotopic (exact) mass is 212 g/mol. The van der Waals surface area contributed by atoms with Crippen LogP contribution in [0.1, 0.15) is 91.9 Å². The van der Waals surface area contributed by atoms with Crippen LogP contribution in [0.15, 0.2) is 0 Å². The summed E-state index contributed by atoms with van der Waals surface area (Å²) in [6.45, 7) is 9.45. The van der Waals surface area contributed by atoms with Crippen LogP contribution >= 0.6 is 0 Å². The van der Waals surface area contributed by atoms with Crippen molar-refractivity contribution < 1.29 is 0 Å². The van der Waals surface area contributed by atoms with Gasteiger partial charge in [-0.25, -0.2) is 0 Å². The minimum atomic E-state index is 0.642. The molecular formula is C15H32. The highest BCUT2D eigenvalue weighted by atomic mass is 14.3. The summed E-state index contributed by atoms with van der Waals surface area (Å²) >= 11 is 0. The first-order valence-corrected chi connectivity index (χ1v) is 7.18. The zero-order valence-corrected chi connectivity index (χ0v) is 11.6. The zero-order valence-electron chi connectivity index (χ0n) is 11.6. The lowest BCUT2D eigenvalue weighted by Crippen LogP contribution is -2.15. The van der Waals surface area contributed by atoms with Crippen molar-refractivity contribution in [3.63, 3.8) is 0 Å². The number of unbranched alkanes of at least 4 members (excludes halogenated alkanes) is 5. The minimum Gasteiger partial charge on any atom is -0.0654 e. The van der Waals surface area contributed by atoms with Gasteiger partial charge >= 0.3 is 0 Å². The molecule has 0 aromatic rings. The van der Waals surface area contributed by atoms with Gasteiger partial charge in [-0.3, -0.25) is 0 Å². The first kappa shape index (κ1) is 15.0. The van der Waals surface area contributed by atoms with Gasteiger partial charge in [0, 0.05) is 0 Å². The topological polar surface area (TPSA) is 0 Å². The van der Waals surface area contributed by atoms with Gasteiger partial charge < -0.3 is 0 Å². The second-order valence-electron chi connectivity index (χ2n) is 5.43. The molecule has 1 unspecified atom stereocenters. The van der Waals surface area contributed by atoms with Crippen molar-refractivity contribution >= 4 is 0 Å². The van der Waals surface area contributed by atoms with Gasteiger partial charge in [0.2, 0.25) is 0 Å². The quantitative estimate of drug-likeness (QED) is 0.392. The van der Waals surface area contributed by atoms with Gasteiger partial charge in [0.15, 0.2) is 0 Å². The van der Waals surface area contributed by atoms with Crippen molar-refractivity contribution in [2.75, 3.05) is 0 Å². The first-order valence-electron chi connectivity index (χ1n) is 7.18. The molecule has 0 aliphatic rings. The van der Waals surface area contributed by atoms with E-state index in [-0.39, 0.29) is 0 Å². The maximum atomic E-state index is 2.49. The molecular weight excluding hydrogens is 180 g/mol. The number of hydrogen-bond acceptors (Lipinski definition) is 0. The summed E-state index contributed by atoms with van der Waals surface area (Å²) < 4.78 is 0. The van der Waals surface area contributed by atoms with Gasteiger partial charge in [-0.2, -0.15) is 0 Å². The predicted molar refractivity (Wildman–Crippen MR) is 71.3 cm³/mol. The summed E-state index contributed by atoms with van der Waals surface area (Å²) in [7, 11) is 0.